The zero-order chi connectivity index (χ0) is 14.0. The normalized spacial score (nSPS) is 19.2. The molecule has 0 saturated carbocycles. The van der Waals surface area contributed by atoms with Crippen LogP contribution in [0.2, 0.25) is 10.3 Å². The minimum atomic E-state index is -0.496. The topological polar surface area (TPSA) is 75.2 Å². The summed E-state index contributed by atoms with van der Waals surface area (Å²) in [5.74, 6) is -0.519. The Morgan fingerprint density at radius 3 is 2.95 bits per heavy atom. The molecular weight excluding hydrogens is 291 g/mol. The van der Waals surface area contributed by atoms with Gasteiger partial charge in [-0.2, -0.15) is 0 Å². The zero-order valence-corrected chi connectivity index (χ0v) is 11.7. The Kier molecular flexibility index (Phi) is 4.21. The first-order chi connectivity index (χ1) is 9.04. The molecule has 102 valence electrons. The van der Waals surface area contributed by atoms with E-state index in [9.17, 15) is 9.59 Å². The quantitative estimate of drug-likeness (QED) is 0.889. The van der Waals surface area contributed by atoms with E-state index < -0.39 is 6.04 Å². The minimum Gasteiger partial charge on any atom is -0.353 e. The summed E-state index contributed by atoms with van der Waals surface area (Å²) in [4.78, 5) is 25.6. The fourth-order valence-corrected chi connectivity index (χ4v) is 2.34. The van der Waals surface area contributed by atoms with Gasteiger partial charge in [0.1, 0.15) is 6.04 Å². The summed E-state index contributed by atoms with van der Waals surface area (Å²) < 4.78 is 0. The molecule has 1 aliphatic rings. The Hall–Kier alpha value is -1.40. The van der Waals surface area contributed by atoms with Crippen LogP contribution in [0.25, 0.3) is 0 Å². The van der Waals surface area contributed by atoms with Crippen LogP contribution in [0.4, 0.5) is 0 Å². The van der Waals surface area contributed by atoms with E-state index in [2.05, 4.69) is 15.5 Å². The SMILES string of the molecule is CCC1C(=O)NCCN1C(=O)c1cc(Cl)nnc1Cl. The van der Waals surface area contributed by atoms with Crippen molar-refractivity contribution in [2.75, 3.05) is 13.1 Å². The van der Waals surface area contributed by atoms with Gasteiger partial charge in [0.15, 0.2) is 10.3 Å². The largest absolute Gasteiger partial charge is 0.353 e. The number of aromatic nitrogens is 2. The minimum absolute atomic E-state index is 0.0183. The van der Waals surface area contributed by atoms with Gasteiger partial charge in [-0.1, -0.05) is 30.1 Å². The summed E-state index contributed by atoms with van der Waals surface area (Å²) in [6, 6.07) is 0.864. The molecule has 2 heterocycles. The Morgan fingerprint density at radius 2 is 2.26 bits per heavy atom. The lowest BCUT2D eigenvalue weighted by molar-refractivity contribution is -0.127. The molecule has 1 aromatic heterocycles. The summed E-state index contributed by atoms with van der Waals surface area (Å²) in [5.41, 5.74) is 0.162. The summed E-state index contributed by atoms with van der Waals surface area (Å²) in [7, 11) is 0. The van der Waals surface area contributed by atoms with Gasteiger partial charge in [0.2, 0.25) is 5.91 Å². The molecule has 2 rings (SSSR count). The molecule has 6 nitrogen and oxygen atoms in total. The first kappa shape index (κ1) is 14.0. The van der Waals surface area contributed by atoms with Crippen molar-refractivity contribution in [1.82, 2.24) is 20.4 Å². The molecule has 1 N–H and O–H groups in total. The van der Waals surface area contributed by atoms with Gasteiger partial charge in [0, 0.05) is 13.1 Å². The molecule has 0 spiro atoms. The Balaban J connectivity index is 2.32. The first-order valence-electron chi connectivity index (χ1n) is 5.82. The molecular formula is C11H12Cl2N4O2. The third-order valence-corrected chi connectivity index (χ3v) is 3.39. The van der Waals surface area contributed by atoms with Crippen LogP contribution in [-0.4, -0.2) is 46.0 Å². The maximum atomic E-state index is 12.4. The van der Waals surface area contributed by atoms with Crippen molar-refractivity contribution < 1.29 is 9.59 Å². The highest BCUT2D eigenvalue weighted by atomic mass is 35.5. The van der Waals surface area contributed by atoms with Gasteiger partial charge >= 0.3 is 0 Å². The van der Waals surface area contributed by atoms with Crippen molar-refractivity contribution in [3.63, 3.8) is 0 Å². The van der Waals surface area contributed by atoms with Crippen molar-refractivity contribution in [3.05, 3.63) is 21.9 Å². The Labute approximate surface area is 120 Å². The second-order valence-corrected chi connectivity index (χ2v) is 4.83. The molecule has 19 heavy (non-hydrogen) atoms. The number of carbonyl (C=O) groups is 2. The van der Waals surface area contributed by atoms with E-state index in [1.54, 1.807) is 0 Å². The lowest BCUT2D eigenvalue weighted by Gasteiger charge is -2.34. The molecule has 2 amide bonds. The fraction of sp³-hybridized carbons (Fsp3) is 0.455. The van der Waals surface area contributed by atoms with Gasteiger partial charge in [-0.3, -0.25) is 9.59 Å². The van der Waals surface area contributed by atoms with Crippen molar-refractivity contribution >= 4 is 35.0 Å². The van der Waals surface area contributed by atoms with Gasteiger partial charge in [-0.25, -0.2) is 0 Å². The average molecular weight is 303 g/mol. The Morgan fingerprint density at radius 1 is 1.53 bits per heavy atom. The van der Waals surface area contributed by atoms with E-state index in [1.807, 2.05) is 6.92 Å². The summed E-state index contributed by atoms with van der Waals surface area (Å²) in [6.45, 7) is 2.69. The van der Waals surface area contributed by atoms with E-state index in [0.717, 1.165) is 0 Å². The van der Waals surface area contributed by atoms with Gasteiger partial charge in [-0.15, -0.1) is 10.2 Å². The van der Waals surface area contributed by atoms with Crippen LogP contribution in [-0.2, 0) is 4.79 Å². The van der Waals surface area contributed by atoms with Gasteiger partial charge in [0.05, 0.1) is 5.56 Å². The van der Waals surface area contributed by atoms with E-state index in [1.165, 1.54) is 11.0 Å². The van der Waals surface area contributed by atoms with E-state index >= 15 is 0 Å². The van der Waals surface area contributed by atoms with Crippen LogP contribution in [0.1, 0.15) is 23.7 Å². The number of hydrogen-bond acceptors (Lipinski definition) is 4. The number of carbonyl (C=O) groups excluding carboxylic acids is 2. The van der Waals surface area contributed by atoms with Crippen LogP contribution in [0.5, 0.6) is 0 Å². The molecule has 1 saturated heterocycles. The number of rotatable bonds is 2. The van der Waals surface area contributed by atoms with E-state index in [-0.39, 0.29) is 27.7 Å². The van der Waals surface area contributed by atoms with Crippen LogP contribution in [0.15, 0.2) is 6.07 Å². The zero-order valence-electron chi connectivity index (χ0n) is 10.2. The lowest BCUT2D eigenvalue weighted by Crippen LogP contribution is -2.56. The highest BCUT2D eigenvalue weighted by Crippen LogP contribution is 2.20. The maximum absolute atomic E-state index is 12.4. The number of hydrogen-bond donors (Lipinski definition) is 1. The monoisotopic (exact) mass is 302 g/mol. The molecule has 8 heteroatoms. The molecule has 1 aliphatic heterocycles. The smallest absolute Gasteiger partial charge is 0.257 e. The number of halogens is 2. The molecule has 0 aliphatic carbocycles. The second kappa shape index (κ2) is 5.71. The summed E-state index contributed by atoms with van der Waals surface area (Å²) in [5, 5.41) is 9.95. The molecule has 0 radical (unpaired) electrons. The average Bonchev–Trinajstić information content (AvgIpc) is 2.40. The number of amides is 2. The van der Waals surface area contributed by atoms with Crippen LogP contribution in [0.3, 0.4) is 0 Å². The third kappa shape index (κ3) is 2.79. The second-order valence-electron chi connectivity index (χ2n) is 4.09. The molecule has 0 aromatic carbocycles. The first-order valence-corrected chi connectivity index (χ1v) is 6.57. The predicted octanol–water partition coefficient (Wildman–Crippen LogP) is 1.13. The van der Waals surface area contributed by atoms with Gasteiger partial charge < -0.3 is 10.2 Å². The summed E-state index contributed by atoms with van der Waals surface area (Å²) >= 11 is 11.6. The molecule has 0 bridgehead atoms. The van der Waals surface area contributed by atoms with Gasteiger partial charge in [-0.05, 0) is 12.5 Å². The Bertz CT molecular complexity index is 523. The number of piperazine rings is 1. The number of nitrogens with zero attached hydrogens (tertiary/aromatic N) is 3. The van der Waals surface area contributed by atoms with E-state index in [4.69, 9.17) is 23.2 Å². The highest BCUT2D eigenvalue weighted by molar-refractivity contribution is 6.34. The lowest BCUT2D eigenvalue weighted by atomic mass is 10.1. The van der Waals surface area contributed by atoms with Gasteiger partial charge in [0.25, 0.3) is 5.91 Å². The van der Waals surface area contributed by atoms with Crippen molar-refractivity contribution in [2.45, 2.75) is 19.4 Å². The molecule has 1 unspecified atom stereocenters. The van der Waals surface area contributed by atoms with Crippen LogP contribution in [0, 0.1) is 0 Å². The number of nitrogens with one attached hydrogen (secondary N) is 1. The summed E-state index contributed by atoms with van der Waals surface area (Å²) in [6.07, 6.45) is 0.529. The third-order valence-electron chi connectivity index (χ3n) is 2.93. The highest BCUT2D eigenvalue weighted by Gasteiger charge is 2.33. The fourth-order valence-electron chi connectivity index (χ4n) is 2.02. The molecule has 1 aromatic rings. The molecule has 1 fully saturated rings. The van der Waals surface area contributed by atoms with Crippen LogP contribution >= 0.6 is 23.2 Å². The molecule has 1 atom stereocenters. The van der Waals surface area contributed by atoms with Crippen molar-refractivity contribution in [2.24, 2.45) is 0 Å². The van der Waals surface area contributed by atoms with E-state index in [0.29, 0.717) is 19.5 Å². The maximum Gasteiger partial charge on any atom is 0.257 e. The van der Waals surface area contributed by atoms with Crippen molar-refractivity contribution in [3.8, 4) is 0 Å². The standard InChI is InChI=1S/C11H12Cl2N4O2/c1-2-7-10(18)14-3-4-17(7)11(19)6-5-8(12)15-16-9(6)13/h5,7H,2-4H2,1H3,(H,14,18). The van der Waals surface area contributed by atoms with Crippen LogP contribution < -0.4 is 5.32 Å². The predicted molar refractivity (Wildman–Crippen MR) is 70.2 cm³/mol. The van der Waals surface area contributed by atoms with Crippen molar-refractivity contribution in [1.29, 1.82) is 0 Å².